The molecule has 0 atom stereocenters. The van der Waals surface area contributed by atoms with Crippen LogP contribution in [0.25, 0.3) is 11.1 Å². The van der Waals surface area contributed by atoms with E-state index in [-0.39, 0.29) is 5.82 Å². The lowest BCUT2D eigenvalue weighted by atomic mass is 10.0. The third-order valence-corrected chi connectivity index (χ3v) is 3.62. The minimum atomic E-state index is -0.323. The molecule has 106 valence electrons. The molecule has 0 amide bonds. The summed E-state index contributed by atoms with van der Waals surface area (Å²) in [5.41, 5.74) is 1.75. The van der Waals surface area contributed by atoms with Crippen molar-refractivity contribution in [2.75, 3.05) is 11.6 Å². The molecule has 2 rings (SSSR count). The number of thioether (sulfide) groups is 1. The van der Waals surface area contributed by atoms with E-state index in [4.69, 9.17) is 16.9 Å². The van der Waals surface area contributed by atoms with Crippen molar-refractivity contribution in [3.05, 3.63) is 53.3 Å². The van der Waals surface area contributed by atoms with Gasteiger partial charge in [0.25, 0.3) is 0 Å². The Morgan fingerprint density at radius 3 is 2.67 bits per heavy atom. The van der Waals surface area contributed by atoms with Gasteiger partial charge in [-0.3, -0.25) is 0 Å². The second-order valence-corrected chi connectivity index (χ2v) is 5.22. The van der Waals surface area contributed by atoms with Crippen molar-refractivity contribution in [2.24, 2.45) is 4.99 Å². The molecular formula is C15H11ClFN3S. The highest BCUT2D eigenvalue weighted by Crippen LogP contribution is 2.32. The fourth-order valence-electron chi connectivity index (χ4n) is 1.78. The molecule has 2 aromatic rings. The number of amidine groups is 1. The smallest absolute Gasteiger partial charge is 0.208 e. The van der Waals surface area contributed by atoms with Crippen LogP contribution in [0.5, 0.6) is 0 Å². The van der Waals surface area contributed by atoms with E-state index >= 15 is 0 Å². The molecule has 1 N–H and O–H groups in total. The number of anilines is 1. The standard InChI is InChI=1S/C15H11ClFN3S/c1-21-15(19-9-18)20-10-6-7-11(13(16)8-10)12-4-2-3-5-14(12)17/h2-8H,1H3,(H,19,20). The number of hydrogen-bond acceptors (Lipinski definition) is 3. The van der Waals surface area contributed by atoms with Gasteiger partial charge in [-0.1, -0.05) is 47.6 Å². The molecule has 0 saturated heterocycles. The molecule has 0 fully saturated rings. The zero-order valence-corrected chi connectivity index (χ0v) is 12.7. The molecule has 0 bridgehead atoms. The molecule has 0 aromatic heterocycles. The first-order valence-electron chi connectivity index (χ1n) is 5.98. The Kier molecular flexibility index (Phi) is 5.20. The Hall–Kier alpha value is -2.03. The summed E-state index contributed by atoms with van der Waals surface area (Å²) in [5, 5.41) is 12.4. The third-order valence-electron chi connectivity index (χ3n) is 2.73. The number of nitrogens with zero attached hydrogens (tertiary/aromatic N) is 2. The highest BCUT2D eigenvalue weighted by molar-refractivity contribution is 8.13. The summed E-state index contributed by atoms with van der Waals surface area (Å²) in [6.45, 7) is 0. The topological polar surface area (TPSA) is 48.2 Å². The fourth-order valence-corrected chi connectivity index (χ4v) is 2.42. The van der Waals surface area contributed by atoms with E-state index < -0.39 is 0 Å². The summed E-state index contributed by atoms with van der Waals surface area (Å²) in [4.78, 5) is 3.63. The molecule has 6 heteroatoms. The number of halogens is 2. The summed E-state index contributed by atoms with van der Waals surface area (Å²) >= 11 is 7.53. The molecule has 0 aliphatic rings. The summed E-state index contributed by atoms with van der Waals surface area (Å²) in [5.74, 6) is -0.323. The van der Waals surface area contributed by atoms with Crippen LogP contribution in [0.4, 0.5) is 10.1 Å². The van der Waals surface area contributed by atoms with Gasteiger partial charge in [-0.15, -0.1) is 4.99 Å². The normalized spacial score (nSPS) is 11.0. The van der Waals surface area contributed by atoms with Gasteiger partial charge in [-0.25, -0.2) is 4.39 Å². The number of nitrogens with one attached hydrogen (secondary N) is 1. The number of rotatable bonds is 2. The van der Waals surface area contributed by atoms with Gasteiger partial charge in [0.1, 0.15) is 5.82 Å². The molecule has 0 spiro atoms. The lowest BCUT2D eigenvalue weighted by molar-refractivity contribution is 0.631. The minimum absolute atomic E-state index is 0.323. The molecule has 3 nitrogen and oxygen atoms in total. The maximum absolute atomic E-state index is 13.8. The van der Waals surface area contributed by atoms with E-state index in [0.717, 1.165) is 0 Å². The van der Waals surface area contributed by atoms with Crippen LogP contribution in [0.1, 0.15) is 0 Å². The Morgan fingerprint density at radius 2 is 2.05 bits per heavy atom. The van der Waals surface area contributed by atoms with E-state index in [0.29, 0.717) is 27.0 Å². The van der Waals surface area contributed by atoms with Gasteiger partial charge in [0.2, 0.25) is 6.19 Å². The Labute approximate surface area is 131 Å². The first-order chi connectivity index (χ1) is 10.2. The molecule has 0 unspecified atom stereocenters. The van der Waals surface area contributed by atoms with Crippen LogP contribution in [0, 0.1) is 17.3 Å². The van der Waals surface area contributed by atoms with Crippen molar-refractivity contribution in [2.45, 2.75) is 0 Å². The lowest BCUT2D eigenvalue weighted by Gasteiger charge is -2.10. The van der Waals surface area contributed by atoms with Crippen LogP contribution in [-0.2, 0) is 0 Å². The molecule has 21 heavy (non-hydrogen) atoms. The predicted octanol–water partition coefficient (Wildman–Crippen LogP) is 4.76. The zero-order chi connectivity index (χ0) is 15.2. The maximum atomic E-state index is 13.8. The maximum Gasteiger partial charge on any atom is 0.208 e. The average molecular weight is 320 g/mol. The molecule has 0 aliphatic heterocycles. The molecule has 0 heterocycles. The molecular weight excluding hydrogens is 309 g/mol. The molecule has 2 aromatic carbocycles. The summed E-state index contributed by atoms with van der Waals surface area (Å²) < 4.78 is 13.8. The van der Waals surface area contributed by atoms with Gasteiger partial charge >= 0.3 is 0 Å². The van der Waals surface area contributed by atoms with Gasteiger partial charge in [-0.2, -0.15) is 5.26 Å². The van der Waals surface area contributed by atoms with Crippen LogP contribution < -0.4 is 5.32 Å². The van der Waals surface area contributed by atoms with Gasteiger partial charge < -0.3 is 5.32 Å². The molecule has 0 aliphatic carbocycles. The Morgan fingerprint density at radius 1 is 1.29 bits per heavy atom. The van der Waals surface area contributed by atoms with Crippen LogP contribution in [0.2, 0.25) is 5.02 Å². The van der Waals surface area contributed by atoms with Gasteiger partial charge in [0.15, 0.2) is 5.17 Å². The number of benzene rings is 2. The zero-order valence-electron chi connectivity index (χ0n) is 11.1. The summed E-state index contributed by atoms with van der Waals surface area (Å²) in [6, 6.07) is 11.6. The van der Waals surface area contributed by atoms with E-state index in [2.05, 4.69) is 10.3 Å². The lowest BCUT2D eigenvalue weighted by Crippen LogP contribution is -2.06. The van der Waals surface area contributed by atoms with Crippen molar-refractivity contribution in [1.82, 2.24) is 0 Å². The van der Waals surface area contributed by atoms with Crippen molar-refractivity contribution in [1.29, 1.82) is 5.26 Å². The summed E-state index contributed by atoms with van der Waals surface area (Å²) in [7, 11) is 0. The second kappa shape index (κ2) is 7.11. The van der Waals surface area contributed by atoms with E-state index in [1.807, 2.05) is 0 Å². The van der Waals surface area contributed by atoms with Crippen molar-refractivity contribution in [3.8, 4) is 17.3 Å². The third kappa shape index (κ3) is 3.75. The van der Waals surface area contributed by atoms with Crippen LogP contribution >= 0.6 is 23.4 Å². The van der Waals surface area contributed by atoms with Gasteiger partial charge in [0, 0.05) is 16.8 Å². The van der Waals surface area contributed by atoms with E-state index in [9.17, 15) is 4.39 Å². The number of nitriles is 1. The fraction of sp³-hybridized carbons (Fsp3) is 0.0667. The van der Waals surface area contributed by atoms with Gasteiger partial charge in [-0.05, 0) is 24.5 Å². The number of aliphatic imine (C=N–C) groups is 1. The quantitative estimate of drug-likeness (QED) is 0.493. The molecule has 0 radical (unpaired) electrons. The Bertz CT molecular complexity index is 725. The first-order valence-corrected chi connectivity index (χ1v) is 7.58. The highest BCUT2D eigenvalue weighted by atomic mass is 35.5. The summed E-state index contributed by atoms with van der Waals surface area (Å²) in [6.07, 6.45) is 3.52. The van der Waals surface area contributed by atoms with Crippen molar-refractivity contribution >= 4 is 34.2 Å². The largest absolute Gasteiger partial charge is 0.334 e. The monoisotopic (exact) mass is 319 g/mol. The SMILES string of the molecule is CS/C(=N\C#N)Nc1ccc(-c2ccccc2F)c(Cl)c1. The van der Waals surface area contributed by atoms with Crippen LogP contribution in [0.15, 0.2) is 47.5 Å². The average Bonchev–Trinajstić information content (AvgIpc) is 2.48. The van der Waals surface area contributed by atoms with Crippen molar-refractivity contribution in [3.63, 3.8) is 0 Å². The Balaban J connectivity index is 2.33. The van der Waals surface area contributed by atoms with Crippen LogP contribution in [0.3, 0.4) is 0 Å². The van der Waals surface area contributed by atoms with Gasteiger partial charge in [0.05, 0.1) is 5.02 Å². The predicted molar refractivity (Wildman–Crippen MR) is 87.0 cm³/mol. The second-order valence-electron chi connectivity index (χ2n) is 4.02. The molecule has 0 saturated carbocycles. The number of hydrogen-bond donors (Lipinski definition) is 1. The van der Waals surface area contributed by atoms with Crippen molar-refractivity contribution < 1.29 is 4.39 Å². The van der Waals surface area contributed by atoms with E-state index in [1.54, 1.807) is 48.8 Å². The minimum Gasteiger partial charge on any atom is -0.334 e. The van der Waals surface area contributed by atoms with E-state index in [1.165, 1.54) is 17.8 Å². The highest BCUT2D eigenvalue weighted by Gasteiger charge is 2.09. The first kappa shape index (κ1) is 15.4. The van der Waals surface area contributed by atoms with Crippen LogP contribution in [-0.4, -0.2) is 11.4 Å².